The first-order valence-electron chi connectivity index (χ1n) is 8.13. The lowest BCUT2D eigenvalue weighted by molar-refractivity contribution is -0.385. The van der Waals surface area contributed by atoms with Crippen molar-refractivity contribution in [1.29, 1.82) is 0 Å². The molecule has 1 aromatic rings. The molecule has 0 atom stereocenters. The molecule has 138 valence electrons. The van der Waals surface area contributed by atoms with Gasteiger partial charge in [0.15, 0.2) is 9.84 Å². The van der Waals surface area contributed by atoms with E-state index >= 15 is 0 Å². The van der Waals surface area contributed by atoms with Crippen LogP contribution in [0.25, 0.3) is 0 Å². The van der Waals surface area contributed by atoms with Crippen LogP contribution in [0.4, 0.5) is 11.4 Å². The van der Waals surface area contributed by atoms with Gasteiger partial charge in [-0.15, -0.1) is 0 Å². The molecule has 8 nitrogen and oxygen atoms in total. The standard InChI is InChI=1S/C16H23N3O5S/c1-12(2)16(20)18-8-4-7-17(9-10-18)14-6-5-13(19(21)22)11-15(14)25(3,23)24/h5-6,11-12H,4,7-10H2,1-3H3. The van der Waals surface area contributed by atoms with Gasteiger partial charge in [0.2, 0.25) is 5.91 Å². The van der Waals surface area contributed by atoms with Crippen molar-refractivity contribution >= 4 is 27.1 Å². The van der Waals surface area contributed by atoms with E-state index < -0.39 is 14.8 Å². The zero-order chi connectivity index (χ0) is 18.8. The van der Waals surface area contributed by atoms with Crippen molar-refractivity contribution in [3.8, 4) is 0 Å². The molecular formula is C16H23N3O5S. The highest BCUT2D eigenvalue weighted by Gasteiger charge is 2.25. The lowest BCUT2D eigenvalue weighted by Gasteiger charge is -2.26. The SMILES string of the molecule is CC(C)C(=O)N1CCCN(c2ccc([N+](=O)[O-])cc2S(C)(=O)=O)CC1. The van der Waals surface area contributed by atoms with Gasteiger partial charge in [0, 0.05) is 50.5 Å². The number of hydrogen-bond donors (Lipinski definition) is 0. The second kappa shape index (κ2) is 7.38. The minimum absolute atomic E-state index is 0.0506. The lowest BCUT2D eigenvalue weighted by atomic mass is 10.2. The monoisotopic (exact) mass is 369 g/mol. The molecule has 0 bridgehead atoms. The molecule has 0 unspecified atom stereocenters. The van der Waals surface area contributed by atoms with Crippen LogP contribution in [-0.4, -0.2) is 56.6 Å². The van der Waals surface area contributed by atoms with E-state index in [0.29, 0.717) is 38.3 Å². The highest BCUT2D eigenvalue weighted by atomic mass is 32.2. The molecule has 1 aliphatic rings. The van der Waals surface area contributed by atoms with Crippen molar-refractivity contribution in [3.63, 3.8) is 0 Å². The number of non-ortho nitro benzene ring substituents is 1. The van der Waals surface area contributed by atoms with Gasteiger partial charge in [-0.2, -0.15) is 0 Å². The lowest BCUT2D eigenvalue weighted by Crippen LogP contribution is -2.37. The molecule has 9 heteroatoms. The molecule has 2 rings (SSSR count). The third-order valence-electron chi connectivity index (χ3n) is 4.20. The number of carbonyl (C=O) groups is 1. The summed E-state index contributed by atoms with van der Waals surface area (Å²) in [4.78, 5) is 26.1. The molecule has 0 radical (unpaired) electrons. The van der Waals surface area contributed by atoms with E-state index in [-0.39, 0.29) is 22.4 Å². The molecule has 1 aromatic carbocycles. The Kier molecular flexibility index (Phi) is 5.66. The van der Waals surface area contributed by atoms with Gasteiger partial charge in [-0.3, -0.25) is 14.9 Å². The summed E-state index contributed by atoms with van der Waals surface area (Å²) in [6.07, 6.45) is 1.75. The van der Waals surface area contributed by atoms with E-state index in [4.69, 9.17) is 0 Å². The summed E-state index contributed by atoms with van der Waals surface area (Å²) in [6, 6.07) is 3.90. The molecule has 1 amide bonds. The zero-order valence-corrected chi connectivity index (χ0v) is 15.5. The molecule has 0 aromatic heterocycles. The fourth-order valence-electron chi connectivity index (χ4n) is 2.92. The minimum Gasteiger partial charge on any atom is -0.369 e. The van der Waals surface area contributed by atoms with E-state index in [0.717, 1.165) is 12.3 Å². The van der Waals surface area contributed by atoms with Crippen molar-refractivity contribution in [2.45, 2.75) is 25.2 Å². The molecular weight excluding hydrogens is 346 g/mol. The summed E-state index contributed by atoms with van der Waals surface area (Å²) in [5, 5.41) is 11.0. The Labute approximate surface area is 147 Å². The fraction of sp³-hybridized carbons (Fsp3) is 0.562. The van der Waals surface area contributed by atoms with Gasteiger partial charge in [-0.25, -0.2) is 8.42 Å². The summed E-state index contributed by atoms with van der Waals surface area (Å²) in [5.41, 5.74) is 0.197. The molecule has 1 fully saturated rings. The zero-order valence-electron chi connectivity index (χ0n) is 14.6. The maximum atomic E-state index is 12.2. The number of nitrogens with zero attached hydrogens (tertiary/aromatic N) is 3. The van der Waals surface area contributed by atoms with Crippen LogP contribution < -0.4 is 4.90 Å². The highest BCUT2D eigenvalue weighted by Crippen LogP contribution is 2.30. The van der Waals surface area contributed by atoms with Crippen LogP contribution in [0.1, 0.15) is 20.3 Å². The van der Waals surface area contributed by atoms with Crippen molar-refractivity contribution in [3.05, 3.63) is 28.3 Å². The molecule has 1 aliphatic heterocycles. The number of rotatable bonds is 4. The predicted molar refractivity (Wildman–Crippen MR) is 94.5 cm³/mol. The Morgan fingerprint density at radius 1 is 1.20 bits per heavy atom. The Bertz CT molecular complexity index is 776. The molecule has 0 N–H and O–H groups in total. The first-order valence-corrected chi connectivity index (χ1v) is 10.0. The number of nitro groups is 1. The van der Waals surface area contributed by atoms with Crippen molar-refractivity contribution in [2.75, 3.05) is 37.3 Å². The van der Waals surface area contributed by atoms with Crippen LogP contribution in [0.5, 0.6) is 0 Å². The van der Waals surface area contributed by atoms with Crippen molar-refractivity contribution < 1.29 is 18.1 Å². The van der Waals surface area contributed by atoms with Crippen LogP contribution in [0, 0.1) is 16.0 Å². The Morgan fingerprint density at radius 3 is 2.44 bits per heavy atom. The van der Waals surface area contributed by atoms with E-state index in [1.165, 1.54) is 12.1 Å². The number of sulfone groups is 1. The van der Waals surface area contributed by atoms with Crippen molar-refractivity contribution in [2.24, 2.45) is 5.92 Å². The summed E-state index contributed by atoms with van der Waals surface area (Å²) in [5.74, 6) is -0.00797. The van der Waals surface area contributed by atoms with Gasteiger partial charge in [0.1, 0.15) is 0 Å². The van der Waals surface area contributed by atoms with Crippen LogP contribution >= 0.6 is 0 Å². The van der Waals surface area contributed by atoms with Gasteiger partial charge in [-0.05, 0) is 12.5 Å². The quantitative estimate of drug-likeness (QED) is 0.591. The largest absolute Gasteiger partial charge is 0.369 e. The molecule has 0 saturated carbocycles. The van der Waals surface area contributed by atoms with Crippen LogP contribution in [0.15, 0.2) is 23.1 Å². The number of nitro benzene ring substituents is 1. The van der Waals surface area contributed by atoms with Gasteiger partial charge >= 0.3 is 0 Å². The van der Waals surface area contributed by atoms with Gasteiger partial charge in [0.25, 0.3) is 5.69 Å². The summed E-state index contributed by atoms with van der Waals surface area (Å²) in [6.45, 7) is 5.89. The Morgan fingerprint density at radius 2 is 1.88 bits per heavy atom. The molecule has 0 spiro atoms. The number of benzene rings is 1. The second-order valence-electron chi connectivity index (χ2n) is 6.50. The van der Waals surface area contributed by atoms with Crippen molar-refractivity contribution in [1.82, 2.24) is 4.90 Å². The Balaban J connectivity index is 2.32. The Hall–Kier alpha value is -2.16. The summed E-state index contributed by atoms with van der Waals surface area (Å²) in [7, 11) is -3.62. The van der Waals surface area contributed by atoms with Crippen LogP contribution in [0.2, 0.25) is 0 Å². The molecule has 1 saturated heterocycles. The third-order valence-corrected chi connectivity index (χ3v) is 5.32. The predicted octanol–water partition coefficient (Wildman–Crippen LogP) is 1.69. The van der Waals surface area contributed by atoms with Gasteiger partial charge in [0.05, 0.1) is 15.5 Å². The van der Waals surface area contributed by atoms with E-state index in [1.807, 2.05) is 18.7 Å². The first kappa shape index (κ1) is 19.2. The first-order chi connectivity index (χ1) is 11.6. The van der Waals surface area contributed by atoms with E-state index in [2.05, 4.69) is 0 Å². The molecule has 1 heterocycles. The molecule has 25 heavy (non-hydrogen) atoms. The van der Waals surface area contributed by atoms with Gasteiger partial charge < -0.3 is 9.80 Å². The maximum Gasteiger partial charge on any atom is 0.270 e. The third kappa shape index (κ3) is 4.47. The smallest absolute Gasteiger partial charge is 0.270 e. The number of hydrogen-bond acceptors (Lipinski definition) is 6. The average molecular weight is 369 g/mol. The highest BCUT2D eigenvalue weighted by molar-refractivity contribution is 7.90. The summed E-state index contributed by atoms with van der Waals surface area (Å²) >= 11 is 0. The minimum atomic E-state index is -3.62. The average Bonchev–Trinajstić information content (AvgIpc) is 2.78. The normalized spacial score (nSPS) is 16.0. The second-order valence-corrected chi connectivity index (χ2v) is 8.49. The topological polar surface area (TPSA) is 101 Å². The number of carbonyl (C=O) groups excluding carboxylic acids is 1. The molecule has 0 aliphatic carbocycles. The summed E-state index contributed by atoms with van der Waals surface area (Å²) < 4.78 is 24.2. The number of anilines is 1. The van der Waals surface area contributed by atoms with Gasteiger partial charge in [-0.1, -0.05) is 13.8 Å². The van der Waals surface area contributed by atoms with E-state index in [9.17, 15) is 23.3 Å². The maximum absolute atomic E-state index is 12.2. The number of amides is 1. The van der Waals surface area contributed by atoms with Crippen LogP contribution in [-0.2, 0) is 14.6 Å². The van der Waals surface area contributed by atoms with E-state index in [1.54, 1.807) is 4.90 Å². The van der Waals surface area contributed by atoms with Crippen LogP contribution in [0.3, 0.4) is 0 Å². The fourth-order valence-corrected chi connectivity index (χ4v) is 3.83.